The van der Waals surface area contributed by atoms with Crippen molar-refractivity contribution in [3.63, 3.8) is 0 Å². The summed E-state index contributed by atoms with van der Waals surface area (Å²) in [6.45, 7) is 0. The number of aryl methyl sites for hydroxylation is 1. The molecule has 12 aromatic rings. The topological polar surface area (TPSA) is 67.6 Å². The van der Waals surface area contributed by atoms with Crippen molar-refractivity contribution in [1.29, 1.82) is 0 Å². The van der Waals surface area contributed by atoms with Crippen molar-refractivity contribution in [2.24, 2.45) is 0 Å². The zero-order valence-electron chi connectivity index (χ0n) is 35.4. The number of para-hydroxylation sites is 2. The van der Waals surface area contributed by atoms with Crippen LogP contribution in [0.15, 0.2) is 211 Å². The Morgan fingerprint density at radius 2 is 0.923 bits per heavy atom. The van der Waals surface area contributed by atoms with Crippen LogP contribution in [-0.4, -0.2) is 19.9 Å². The summed E-state index contributed by atoms with van der Waals surface area (Å²) in [4.78, 5) is 18.6. The van der Waals surface area contributed by atoms with Crippen LogP contribution >= 0.6 is 0 Å². The third kappa shape index (κ3) is 6.43. The third-order valence-corrected chi connectivity index (χ3v) is 13.3. The van der Waals surface area contributed by atoms with Crippen molar-refractivity contribution < 1.29 is 4.42 Å². The molecule has 5 heteroatoms. The average molecular weight is 833 g/mol. The van der Waals surface area contributed by atoms with Gasteiger partial charge in [0.15, 0.2) is 17.5 Å². The summed E-state index contributed by atoms with van der Waals surface area (Å²) in [5, 5.41) is 4.57. The van der Waals surface area contributed by atoms with Crippen LogP contribution < -0.4 is 0 Å². The maximum atomic E-state index is 6.72. The van der Waals surface area contributed by atoms with Gasteiger partial charge in [-0.05, 0) is 111 Å². The van der Waals surface area contributed by atoms with Crippen molar-refractivity contribution in [3.8, 4) is 67.5 Å². The first-order valence-corrected chi connectivity index (χ1v) is 22.3. The molecule has 0 spiro atoms. The van der Waals surface area contributed by atoms with Gasteiger partial charge >= 0.3 is 0 Å². The summed E-state index contributed by atoms with van der Waals surface area (Å²) < 4.78 is 6.72. The highest BCUT2D eigenvalue weighted by atomic mass is 16.3. The van der Waals surface area contributed by atoms with E-state index in [2.05, 4.69) is 145 Å². The van der Waals surface area contributed by atoms with Crippen LogP contribution in [0.25, 0.3) is 111 Å². The van der Waals surface area contributed by atoms with Crippen LogP contribution in [-0.2, 0) is 6.42 Å². The first-order valence-electron chi connectivity index (χ1n) is 22.3. The molecule has 0 fully saturated rings. The Balaban J connectivity index is 0.911. The highest BCUT2D eigenvalue weighted by Crippen LogP contribution is 2.50. The zero-order valence-corrected chi connectivity index (χ0v) is 35.4. The monoisotopic (exact) mass is 832 g/mol. The van der Waals surface area contributed by atoms with Gasteiger partial charge < -0.3 is 9.40 Å². The number of nitrogens with one attached hydrogen (secondary N) is 1. The molecular formula is C60H40N4O. The predicted octanol–water partition coefficient (Wildman–Crippen LogP) is 15.5. The van der Waals surface area contributed by atoms with Crippen LogP contribution in [0.3, 0.4) is 0 Å². The van der Waals surface area contributed by atoms with Gasteiger partial charge in [0.1, 0.15) is 11.2 Å². The van der Waals surface area contributed by atoms with E-state index in [9.17, 15) is 0 Å². The number of rotatable bonds is 8. The van der Waals surface area contributed by atoms with Gasteiger partial charge in [0.25, 0.3) is 0 Å². The molecule has 0 bridgehead atoms. The van der Waals surface area contributed by atoms with Crippen molar-refractivity contribution in [1.82, 2.24) is 19.9 Å². The van der Waals surface area contributed by atoms with E-state index in [0.29, 0.717) is 23.4 Å². The number of H-pyrrole nitrogens is 1. The summed E-state index contributed by atoms with van der Waals surface area (Å²) in [5.74, 6) is 2.11. The molecule has 1 aliphatic rings. The normalized spacial score (nSPS) is 13.2. The molecule has 306 valence electrons. The second-order valence-corrected chi connectivity index (χ2v) is 17.1. The van der Waals surface area contributed by atoms with Crippen molar-refractivity contribution >= 4 is 43.7 Å². The fourth-order valence-electron chi connectivity index (χ4n) is 10.1. The van der Waals surface area contributed by atoms with Gasteiger partial charge in [-0.25, -0.2) is 15.0 Å². The molecule has 65 heavy (non-hydrogen) atoms. The van der Waals surface area contributed by atoms with Crippen LogP contribution in [0.4, 0.5) is 0 Å². The summed E-state index contributed by atoms with van der Waals surface area (Å²) in [7, 11) is 0. The molecule has 13 rings (SSSR count). The lowest BCUT2D eigenvalue weighted by molar-refractivity contribution is 0.669. The minimum Gasteiger partial charge on any atom is -0.455 e. The Bertz CT molecular complexity index is 3720. The molecular weight excluding hydrogens is 793 g/mol. The van der Waals surface area contributed by atoms with Crippen molar-refractivity contribution in [3.05, 3.63) is 223 Å². The lowest BCUT2D eigenvalue weighted by Gasteiger charge is -2.15. The smallest absolute Gasteiger partial charge is 0.167 e. The van der Waals surface area contributed by atoms with E-state index in [1.54, 1.807) is 0 Å². The second kappa shape index (κ2) is 15.1. The van der Waals surface area contributed by atoms with Crippen molar-refractivity contribution in [2.75, 3.05) is 0 Å². The average Bonchev–Trinajstić information content (AvgIpc) is 4.05. The number of nitrogens with zero attached hydrogens (tertiary/aromatic N) is 3. The van der Waals surface area contributed by atoms with Crippen LogP contribution in [0.2, 0.25) is 0 Å². The van der Waals surface area contributed by atoms with Gasteiger partial charge in [-0.3, -0.25) is 0 Å². The molecule has 3 heterocycles. The van der Waals surface area contributed by atoms with Crippen LogP contribution in [0.1, 0.15) is 29.0 Å². The molecule has 1 N–H and O–H groups in total. The number of aromatic nitrogens is 4. The maximum absolute atomic E-state index is 6.72. The van der Waals surface area contributed by atoms with Gasteiger partial charge in [0.2, 0.25) is 0 Å². The van der Waals surface area contributed by atoms with Crippen molar-refractivity contribution in [2.45, 2.75) is 18.8 Å². The molecule has 1 aliphatic carbocycles. The maximum Gasteiger partial charge on any atom is 0.167 e. The van der Waals surface area contributed by atoms with E-state index in [4.69, 9.17) is 19.4 Å². The number of furan rings is 1. The Morgan fingerprint density at radius 3 is 1.62 bits per heavy atom. The summed E-state index contributed by atoms with van der Waals surface area (Å²) in [6.07, 6.45) is 2.06. The molecule has 0 aliphatic heterocycles. The quantitative estimate of drug-likeness (QED) is 0.166. The highest BCUT2D eigenvalue weighted by Gasteiger charge is 2.29. The lowest BCUT2D eigenvalue weighted by Crippen LogP contribution is -2.00. The minimum atomic E-state index is 0.304. The molecule has 9 aromatic carbocycles. The highest BCUT2D eigenvalue weighted by molar-refractivity contribution is 6.11. The molecule has 1 atom stereocenters. The Kier molecular flexibility index (Phi) is 8.66. The Hall–Kier alpha value is -8.41. The Morgan fingerprint density at radius 1 is 0.385 bits per heavy atom. The molecule has 0 amide bonds. The third-order valence-electron chi connectivity index (χ3n) is 13.3. The second-order valence-electron chi connectivity index (χ2n) is 17.1. The number of hydrogen-bond acceptors (Lipinski definition) is 4. The molecule has 0 saturated carbocycles. The fraction of sp³-hybridized carbons (Fsp3) is 0.0500. The lowest BCUT2D eigenvalue weighted by atomic mass is 9.89. The molecule has 1 unspecified atom stereocenters. The SMILES string of the molecule is c1ccc(CCC2c3ccc(-c4ccc5[nH]c6ccccc6c5c4)cc3-c3cc(-c4ccc5oc6c(-c7nc(-c8ccccc8)nc(-c8ccccc8)n7)cccc6c5c4)ccc32)cc1. The molecule has 0 radical (unpaired) electrons. The standard InChI is InChI=1S/C60H40N4O/c1-4-13-37(14-5-1)23-28-44-45-29-24-40(42-26-31-55-52(35-42)47-19-10-11-22-54(47)61-55)33-50(45)51-34-41(25-30-46(44)51)43-27-32-56-53(36-43)48-20-12-21-49(57(48)65-56)60-63-58(38-15-6-2-7-16-38)62-59(64-60)39-17-8-3-9-18-39/h1-22,24-27,29-36,44,61H,23,28H2. The number of hydrogen-bond donors (Lipinski definition) is 1. The van der Waals surface area contributed by atoms with E-state index >= 15 is 0 Å². The zero-order chi connectivity index (χ0) is 42.8. The number of benzene rings is 9. The van der Waals surface area contributed by atoms with Gasteiger partial charge in [-0.15, -0.1) is 0 Å². The van der Waals surface area contributed by atoms with E-state index in [0.717, 1.165) is 68.1 Å². The van der Waals surface area contributed by atoms with E-state index in [1.165, 1.54) is 55.3 Å². The summed E-state index contributed by atoms with van der Waals surface area (Å²) in [5.41, 5.74) is 18.1. The van der Waals surface area contributed by atoms with Crippen LogP contribution in [0.5, 0.6) is 0 Å². The summed E-state index contributed by atoms with van der Waals surface area (Å²) >= 11 is 0. The van der Waals surface area contributed by atoms with E-state index < -0.39 is 0 Å². The first-order chi connectivity index (χ1) is 32.2. The van der Waals surface area contributed by atoms with E-state index in [-0.39, 0.29) is 0 Å². The summed E-state index contributed by atoms with van der Waals surface area (Å²) in [6, 6.07) is 73.5. The van der Waals surface area contributed by atoms with Gasteiger partial charge in [0, 0.05) is 49.6 Å². The first kappa shape index (κ1) is 37.2. The fourth-order valence-corrected chi connectivity index (χ4v) is 10.1. The molecule has 0 saturated heterocycles. The van der Waals surface area contributed by atoms with E-state index in [1.807, 2.05) is 66.7 Å². The number of aromatic amines is 1. The minimum absolute atomic E-state index is 0.304. The van der Waals surface area contributed by atoms with Gasteiger partial charge in [-0.1, -0.05) is 158 Å². The largest absolute Gasteiger partial charge is 0.455 e. The Labute approximate surface area is 375 Å². The predicted molar refractivity (Wildman–Crippen MR) is 266 cm³/mol. The van der Waals surface area contributed by atoms with Gasteiger partial charge in [0.05, 0.1) is 5.56 Å². The van der Waals surface area contributed by atoms with Gasteiger partial charge in [-0.2, -0.15) is 0 Å². The molecule has 5 nitrogen and oxygen atoms in total. The molecule has 3 aromatic heterocycles. The number of fused-ring (bicyclic) bond motifs is 9. The van der Waals surface area contributed by atoms with Crippen LogP contribution in [0, 0.1) is 0 Å².